The molecule has 2 heteroatoms. The minimum absolute atomic E-state index is 0. The molecule has 0 bridgehead atoms. The number of nitrogens with zero attached hydrogens (tertiary/aromatic N) is 1. The Morgan fingerprint density at radius 2 is 1.81 bits per heavy atom. The van der Waals surface area contributed by atoms with Crippen LogP contribution in [0.2, 0.25) is 0 Å². The first kappa shape index (κ1) is 15.6. The first-order chi connectivity index (χ1) is 9.74. The number of aromatic nitrogens is 1. The van der Waals surface area contributed by atoms with Crippen molar-refractivity contribution < 1.29 is 20.1 Å². The molecule has 21 heavy (non-hydrogen) atoms. The maximum absolute atomic E-state index is 4.39. The molecule has 0 aliphatic carbocycles. The summed E-state index contributed by atoms with van der Waals surface area (Å²) in [5.41, 5.74) is 7.04. The molecule has 0 saturated heterocycles. The van der Waals surface area contributed by atoms with Crippen molar-refractivity contribution in [2.75, 3.05) is 0 Å². The molecule has 1 heterocycles. The third-order valence-corrected chi connectivity index (χ3v) is 3.45. The topological polar surface area (TPSA) is 12.9 Å². The van der Waals surface area contributed by atoms with Crippen molar-refractivity contribution >= 4 is 0 Å². The monoisotopic (exact) mass is 451 g/mol. The Kier molecular flexibility index (Phi) is 5.06. The molecule has 2 aromatic carbocycles. The van der Waals surface area contributed by atoms with Gasteiger partial charge in [0.2, 0.25) is 0 Å². The van der Waals surface area contributed by atoms with Gasteiger partial charge in [-0.2, -0.15) is 0 Å². The molecule has 0 aliphatic rings. The molecule has 0 atom stereocenters. The molecule has 0 fully saturated rings. The number of aryl methyl sites for hydroxylation is 2. The summed E-state index contributed by atoms with van der Waals surface area (Å²) in [6.45, 7) is 4.27. The van der Waals surface area contributed by atoms with Crippen molar-refractivity contribution in [2.45, 2.75) is 13.8 Å². The fourth-order valence-corrected chi connectivity index (χ4v) is 2.35. The molecule has 0 N–H and O–H groups in total. The number of hydrogen-bond donors (Lipinski definition) is 0. The predicted molar refractivity (Wildman–Crippen MR) is 83.4 cm³/mol. The van der Waals surface area contributed by atoms with Crippen LogP contribution in [0.25, 0.3) is 22.4 Å². The van der Waals surface area contributed by atoms with Crippen molar-refractivity contribution in [3.05, 3.63) is 78.0 Å². The summed E-state index contributed by atoms with van der Waals surface area (Å²) in [6.07, 6.45) is 1.81. The molecule has 1 nitrogen and oxygen atoms in total. The largest absolute Gasteiger partial charge is 0.305 e. The molecule has 0 unspecified atom stereocenters. The first-order valence-electron chi connectivity index (χ1n) is 6.75. The third kappa shape index (κ3) is 3.47. The summed E-state index contributed by atoms with van der Waals surface area (Å²) < 4.78 is 0. The number of pyridine rings is 1. The van der Waals surface area contributed by atoms with E-state index in [0.29, 0.717) is 0 Å². The number of rotatable bonds is 2. The Morgan fingerprint density at radius 3 is 2.57 bits per heavy atom. The summed E-state index contributed by atoms with van der Waals surface area (Å²) in [4.78, 5) is 4.39. The van der Waals surface area contributed by atoms with Gasteiger partial charge in [0.25, 0.3) is 0 Å². The van der Waals surface area contributed by atoms with Crippen LogP contribution >= 0.6 is 0 Å². The Morgan fingerprint density at radius 1 is 0.952 bits per heavy atom. The molecular weight excluding hydrogens is 434 g/mol. The number of benzene rings is 2. The molecule has 0 aliphatic heterocycles. The second kappa shape index (κ2) is 6.80. The molecule has 107 valence electrons. The van der Waals surface area contributed by atoms with Gasteiger partial charge in [0.15, 0.2) is 0 Å². The maximum Gasteiger partial charge on any atom is 0.0160 e. The third-order valence-electron chi connectivity index (χ3n) is 3.45. The van der Waals surface area contributed by atoms with E-state index in [4.69, 9.17) is 0 Å². The van der Waals surface area contributed by atoms with Crippen molar-refractivity contribution in [1.82, 2.24) is 4.98 Å². The fourth-order valence-electron chi connectivity index (χ4n) is 2.35. The van der Waals surface area contributed by atoms with Crippen LogP contribution in [0.5, 0.6) is 0 Å². The first-order valence-corrected chi connectivity index (χ1v) is 6.75. The molecule has 3 rings (SSSR count). The minimum atomic E-state index is 0. The fraction of sp³-hybridized carbons (Fsp3) is 0.105. The van der Waals surface area contributed by atoms with Crippen LogP contribution in [0.15, 0.2) is 60.8 Å². The normalized spacial score (nSPS) is 10.0. The summed E-state index contributed by atoms with van der Waals surface area (Å²) in [5.74, 6) is 0. The van der Waals surface area contributed by atoms with E-state index < -0.39 is 0 Å². The van der Waals surface area contributed by atoms with Crippen LogP contribution in [0.1, 0.15) is 11.1 Å². The van der Waals surface area contributed by atoms with Crippen LogP contribution in [-0.2, 0) is 20.1 Å². The van der Waals surface area contributed by atoms with Gasteiger partial charge in [0, 0.05) is 26.3 Å². The standard InChI is InChI=1S/C19H16N.Ir/c1-14-9-10-15(2)18(12-14)16-6-5-7-17(13-16)19-8-3-4-11-20-19;/h3-6,8-13H,1-2H3;/q-1;. The van der Waals surface area contributed by atoms with Gasteiger partial charge < -0.3 is 4.98 Å². The summed E-state index contributed by atoms with van der Waals surface area (Å²) in [7, 11) is 0. The van der Waals surface area contributed by atoms with Gasteiger partial charge in [-0.1, -0.05) is 35.9 Å². The SMILES string of the molecule is Cc1ccc(C)c(-c2cc[c-]c(-c3ccccn3)c2)c1.[Ir]. The van der Waals surface area contributed by atoms with E-state index in [9.17, 15) is 0 Å². The van der Waals surface area contributed by atoms with Crippen LogP contribution in [0.3, 0.4) is 0 Å². The van der Waals surface area contributed by atoms with Gasteiger partial charge in [-0.25, -0.2) is 0 Å². The summed E-state index contributed by atoms with van der Waals surface area (Å²) in [6, 6.07) is 22.0. The Balaban J connectivity index is 0.00000161. The van der Waals surface area contributed by atoms with Gasteiger partial charge in [-0.3, -0.25) is 0 Å². The summed E-state index contributed by atoms with van der Waals surface area (Å²) in [5, 5.41) is 0. The second-order valence-corrected chi connectivity index (χ2v) is 5.02. The van der Waals surface area contributed by atoms with Crippen LogP contribution in [0, 0.1) is 19.9 Å². The molecule has 1 aromatic heterocycles. The second-order valence-electron chi connectivity index (χ2n) is 5.02. The van der Waals surface area contributed by atoms with E-state index in [-0.39, 0.29) is 20.1 Å². The molecular formula is C19H16IrN-. The average molecular weight is 451 g/mol. The van der Waals surface area contributed by atoms with Gasteiger partial charge in [0.05, 0.1) is 0 Å². The van der Waals surface area contributed by atoms with E-state index in [1.54, 1.807) is 0 Å². The van der Waals surface area contributed by atoms with Crippen molar-refractivity contribution in [3.8, 4) is 22.4 Å². The minimum Gasteiger partial charge on any atom is -0.305 e. The van der Waals surface area contributed by atoms with E-state index in [2.05, 4.69) is 55.2 Å². The average Bonchev–Trinajstić information content (AvgIpc) is 2.51. The molecule has 0 amide bonds. The van der Waals surface area contributed by atoms with Crippen LogP contribution in [0.4, 0.5) is 0 Å². The molecule has 3 aromatic rings. The Hall–Kier alpha value is -1.76. The van der Waals surface area contributed by atoms with E-state index in [1.807, 2.05) is 30.5 Å². The zero-order chi connectivity index (χ0) is 13.9. The zero-order valence-electron chi connectivity index (χ0n) is 12.1. The smallest absolute Gasteiger partial charge is 0.0160 e. The molecule has 0 saturated carbocycles. The van der Waals surface area contributed by atoms with Crippen molar-refractivity contribution in [2.24, 2.45) is 0 Å². The van der Waals surface area contributed by atoms with Gasteiger partial charge >= 0.3 is 0 Å². The van der Waals surface area contributed by atoms with E-state index in [1.165, 1.54) is 22.3 Å². The number of hydrogen-bond acceptors (Lipinski definition) is 1. The Bertz CT molecular complexity index is 736. The van der Waals surface area contributed by atoms with E-state index >= 15 is 0 Å². The van der Waals surface area contributed by atoms with Crippen LogP contribution < -0.4 is 0 Å². The quantitative estimate of drug-likeness (QED) is 0.510. The zero-order valence-corrected chi connectivity index (χ0v) is 14.4. The Labute approximate surface area is 139 Å². The van der Waals surface area contributed by atoms with Crippen molar-refractivity contribution in [3.63, 3.8) is 0 Å². The molecule has 0 spiro atoms. The van der Waals surface area contributed by atoms with Gasteiger partial charge in [-0.15, -0.1) is 35.4 Å². The van der Waals surface area contributed by atoms with E-state index in [0.717, 1.165) is 11.3 Å². The van der Waals surface area contributed by atoms with Crippen molar-refractivity contribution in [1.29, 1.82) is 0 Å². The molecule has 1 radical (unpaired) electrons. The van der Waals surface area contributed by atoms with Crippen LogP contribution in [-0.4, -0.2) is 4.98 Å². The predicted octanol–water partition coefficient (Wildman–Crippen LogP) is 4.83. The van der Waals surface area contributed by atoms with Gasteiger partial charge in [-0.05, 0) is 36.7 Å². The maximum atomic E-state index is 4.39. The summed E-state index contributed by atoms with van der Waals surface area (Å²) >= 11 is 0. The van der Waals surface area contributed by atoms with Gasteiger partial charge in [0.1, 0.15) is 0 Å².